The maximum Gasteiger partial charge on any atom is 0.389 e. The fourth-order valence-electron chi connectivity index (χ4n) is 3.63. The third-order valence-electron chi connectivity index (χ3n) is 5.05. The number of alkyl halides is 3. The molecule has 2 bridgehead atoms. The second-order valence-corrected chi connectivity index (χ2v) is 8.04. The van der Waals surface area contributed by atoms with Crippen molar-refractivity contribution in [2.24, 2.45) is 0 Å². The molecule has 2 aromatic heterocycles. The minimum Gasteiger partial charge on any atom is -0.366 e. The van der Waals surface area contributed by atoms with Crippen molar-refractivity contribution >= 4 is 45.1 Å². The first-order valence-corrected chi connectivity index (χ1v) is 10.1. The number of anilines is 3. The van der Waals surface area contributed by atoms with Gasteiger partial charge in [0, 0.05) is 30.2 Å². The van der Waals surface area contributed by atoms with Crippen LogP contribution >= 0.6 is 15.9 Å². The molecule has 4 heterocycles. The Morgan fingerprint density at radius 1 is 1.23 bits per heavy atom. The van der Waals surface area contributed by atoms with E-state index in [4.69, 9.17) is 0 Å². The van der Waals surface area contributed by atoms with E-state index in [1.54, 1.807) is 24.4 Å². The minimum absolute atomic E-state index is 0.0833. The average Bonchev–Trinajstić information content (AvgIpc) is 3.11. The van der Waals surface area contributed by atoms with Crippen LogP contribution in [0.1, 0.15) is 29.8 Å². The standard InChI is InChI=1S/C19H17BrF3N5O2/c20-11-1-4-16(24-9-11)26-18(30)28-12-6-8-27(10-12)14-3-2-13(25-17(14)28)15(29)5-7-19(21,22)23/h1-4,9,12H,5-8,10H2,(H,24,26,30)/t12-/m0/s1. The molecule has 7 nitrogen and oxygen atoms in total. The molecular weight excluding hydrogens is 467 g/mol. The Morgan fingerprint density at radius 2 is 2.03 bits per heavy atom. The number of hydrogen-bond acceptors (Lipinski definition) is 5. The largest absolute Gasteiger partial charge is 0.389 e. The van der Waals surface area contributed by atoms with Gasteiger partial charge in [-0.15, -0.1) is 0 Å². The number of amides is 2. The van der Waals surface area contributed by atoms with E-state index < -0.39 is 30.8 Å². The highest BCUT2D eigenvalue weighted by Crippen LogP contribution is 2.39. The molecule has 1 fully saturated rings. The monoisotopic (exact) mass is 483 g/mol. The number of pyridine rings is 2. The molecule has 11 heteroatoms. The average molecular weight is 484 g/mol. The van der Waals surface area contributed by atoms with Gasteiger partial charge in [-0.3, -0.25) is 15.0 Å². The third-order valence-corrected chi connectivity index (χ3v) is 5.52. The van der Waals surface area contributed by atoms with Crippen LogP contribution in [0, 0.1) is 0 Å². The van der Waals surface area contributed by atoms with Crippen molar-refractivity contribution < 1.29 is 22.8 Å². The predicted octanol–water partition coefficient (Wildman–Crippen LogP) is 4.40. The molecule has 1 N–H and O–H groups in total. The van der Waals surface area contributed by atoms with Gasteiger partial charge in [-0.2, -0.15) is 13.2 Å². The second kappa shape index (κ2) is 7.86. The highest BCUT2D eigenvalue weighted by atomic mass is 79.9. The Bertz CT molecular complexity index is 983. The topological polar surface area (TPSA) is 78.4 Å². The Kier molecular flexibility index (Phi) is 5.39. The molecular formula is C19H17BrF3N5O2. The van der Waals surface area contributed by atoms with E-state index in [1.165, 1.54) is 11.0 Å². The molecule has 158 valence electrons. The first kappa shape index (κ1) is 20.6. The van der Waals surface area contributed by atoms with Crippen molar-refractivity contribution in [3.63, 3.8) is 0 Å². The van der Waals surface area contributed by atoms with Gasteiger partial charge in [0.25, 0.3) is 0 Å². The molecule has 0 spiro atoms. The van der Waals surface area contributed by atoms with Gasteiger partial charge in [0.05, 0.1) is 18.2 Å². The van der Waals surface area contributed by atoms with Crippen LogP contribution in [-0.2, 0) is 0 Å². The van der Waals surface area contributed by atoms with E-state index in [0.717, 1.165) is 17.4 Å². The van der Waals surface area contributed by atoms with Crippen LogP contribution < -0.4 is 15.1 Å². The Morgan fingerprint density at radius 3 is 2.73 bits per heavy atom. The summed E-state index contributed by atoms with van der Waals surface area (Å²) in [6.07, 6.45) is -4.05. The van der Waals surface area contributed by atoms with Crippen LogP contribution in [0.3, 0.4) is 0 Å². The highest BCUT2D eigenvalue weighted by Gasteiger charge is 2.40. The molecule has 2 aromatic rings. The number of aromatic nitrogens is 2. The third kappa shape index (κ3) is 4.25. The van der Waals surface area contributed by atoms with Crippen LogP contribution in [0.25, 0.3) is 0 Å². The minimum atomic E-state index is -4.42. The molecule has 4 rings (SSSR count). The summed E-state index contributed by atoms with van der Waals surface area (Å²) in [4.78, 5) is 37.2. The number of carbonyl (C=O) groups excluding carboxylic acids is 2. The summed E-state index contributed by atoms with van der Waals surface area (Å²) >= 11 is 3.28. The van der Waals surface area contributed by atoms with Gasteiger partial charge in [-0.1, -0.05) is 0 Å². The predicted molar refractivity (Wildman–Crippen MR) is 108 cm³/mol. The van der Waals surface area contributed by atoms with E-state index in [1.807, 2.05) is 0 Å². The van der Waals surface area contributed by atoms with Crippen molar-refractivity contribution in [3.8, 4) is 0 Å². The van der Waals surface area contributed by atoms with Gasteiger partial charge in [0.2, 0.25) is 0 Å². The van der Waals surface area contributed by atoms with Gasteiger partial charge < -0.3 is 4.90 Å². The highest BCUT2D eigenvalue weighted by molar-refractivity contribution is 9.10. The molecule has 2 amide bonds. The number of carbonyl (C=O) groups is 2. The first-order valence-electron chi connectivity index (χ1n) is 9.29. The number of fused-ring (bicyclic) bond motifs is 4. The number of nitrogens with zero attached hydrogens (tertiary/aromatic N) is 4. The van der Waals surface area contributed by atoms with Crippen molar-refractivity contribution in [3.05, 3.63) is 40.6 Å². The summed E-state index contributed by atoms with van der Waals surface area (Å²) in [5.41, 5.74) is 0.593. The zero-order valence-corrected chi connectivity index (χ0v) is 17.2. The number of ketones is 1. The summed E-state index contributed by atoms with van der Waals surface area (Å²) in [7, 11) is 0. The lowest BCUT2D eigenvalue weighted by Crippen LogP contribution is -2.48. The molecule has 30 heavy (non-hydrogen) atoms. The molecule has 0 aromatic carbocycles. The lowest BCUT2D eigenvalue weighted by atomic mass is 10.1. The van der Waals surface area contributed by atoms with Crippen LogP contribution in [0.15, 0.2) is 34.9 Å². The van der Waals surface area contributed by atoms with Crippen molar-refractivity contribution in [1.29, 1.82) is 0 Å². The molecule has 1 atom stereocenters. The summed E-state index contributed by atoms with van der Waals surface area (Å²) in [6, 6.07) is 5.83. The number of Topliss-reactive ketones (excluding diaryl/α,β-unsaturated/α-hetero) is 1. The van der Waals surface area contributed by atoms with E-state index >= 15 is 0 Å². The van der Waals surface area contributed by atoms with E-state index in [-0.39, 0.29) is 17.6 Å². The second-order valence-electron chi connectivity index (χ2n) is 7.13. The lowest BCUT2D eigenvalue weighted by Gasteiger charge is -2.35. The van der Waals surface area contributed by atoms with Crippen LogP contribution in [0.5, 0.6) is 0 Å². The number of nitrogens with one attached hydrogen (secondary N) is 1. The van der Waals surface area contributed by atoms with Gasteiger partial charge in [0.1, 0.15) is 11.5 Å². The first-order chi connectivity index (χ1) is 14.2. The van der Waals surface area contributed by atoms with Crippen LogP contribution in [0.4, 0.5) is 35.3 Å². The molecule has 0 radical (unpaired) electrons. The van der Waals surface area contributed by atoms with E-state index in [9.17, 15) is 22.8 Å². The fourth-order valence-corrected chi connectivity index (χ4v) is 3.86. The Hall–Kier alpha value is -2.69. The normalized spacial score (nSPS) is 17.7. The fraction of sp³-hybridized carbons (Fsp3) is 0.368. The maximum absolute atomic E-state index is 13.0. The Labute approximate surface area is 178 Å². The molecule has 0 saturated carbocycles. The number of hydrogen-bond donors (Lipinski definition) is 1. The number of urea groups is 1. The van der Waals surface area contributed by atoms with E-state index in [0.29, 0.717) is 18.1 Å². The number of halogens is 4. The van der Waals surface area contributed by atoms with Crippen LogP contribution in [-0.4, -0.2) is 47.1 Å². The smallest absolute Gasteiger partial charge is 0.366 e. The molecule has 0 unspecified atom stereocenters. The zero-order valence-electron chi connectivity index (χ0n) is 15.6. The maximum atomic E-state index is 13.0. The summed E-state index contributed by atoms with van der Waals surface area (Å²) in [5.74, 6) is -0.0863. The van der Waals surface area contributed by atoms with Gasteiger partial charge in [-0.25, -0.2) is 14.8 Å². The summed E-state index contributed by atoms with van der Waals surface area (Å²) in [5, 5.41) is 2.72. The van der Waals surface area contributed by atoms with Crippen molar-refractivity contribution in [2.45, 2.75) is 31.5 Å². The molecule has 0 aliphatic carbocycles. The van der Waals surface area contributed by atoms with Crippen molar-refractivity contribution in [2.75, 3.05) is 28.2 Å². The van der Waals surface area contributed by atoms with Crippen molar-refractivity contribution in [1.82, 2.24) is 9.97 Å². The Balaban J connectivity index is 1.61. The SMILES string of the molecule is O=C(CCC(F)(F)F)c1ccc2c(n1)N(C(=O)Nc1ccc(Br)cn1)[C@H]1CCN2C1. The number of rotatable bonds is 4. The zero-order chi connectivity index (χ0) is 21.5. The quantitative estimate of drug-likeness (QED) is 0.652. The summed E-state index contributed by atoms with van der Waals surface area (Å²) < 4.78 is 38.2. The van der Waals surface area contributed by atoms with Gasteiger partial charge in [0.15, 0.2) is 11.6 Å². The van der Waals surface area contributed by atoms with Gasteiger partial charge >= 0.3 is 12.2 Å². The molecule has 1 saturated heterocycles. The molecule has 2 aliphatic heterocycles. The van der Waals surface area contributed by atoms with E-state index in [2.05, 4.69) is 36.1 Å². The van der Waals surface area contributed by atoms with Crippen LogP contribution in [0.2, 0.25) is 0 Å². The molecule has 2 aliphatic rings. The lowest BCUT2D eigenvalue weighted by molar-refractivity contribution is -0.133. The van der Waals surface area contributed by atoms with Gasteiger partial charge in [-0.05, 0) is 46.6 Å². The summed E-state index contributed by atoms with van der Waals surface area (Å²) in [6.45, 7) is 1.35.